The van der Waals surface area contributed by atoms with E-state index in [9.17, 15) is 4.39 Å². The summed E-state index contributed by atoms with van der Waals surface area (Å²) in [6.45, 7) is 1.09. The third-order valence-electron chi connectivity index (χ3n) is 2.58. The Morgan fingerprint density at radius 3 is 2.61 bits per heavy atom. The Morgan fingerprint density at radius 2 is 1.89 bits per heavy atom. The van der Waals surface area contributed by atoms with Crippen LogP contribution in [0.15, 0.2) is 46.9 Å². The van der Waals surface area contributed by atoms with Gasteiger partial charge in [-0.15, -0.1) is 0 Å². The molecule has 4 heteroatoms. The van der Waals surface area contributed by atoms with Crippen molar-refractivity contribution >= 4 is 27.5 Å². The van der Waals surface area contributed by atoms with Crippen LogP contribution < -0.4 is 5.32 Å². The fraction of sp³-hybridized carbons (Fsp3) is 0.143. The number of nitrogens with one attached hydrogen (secondary N) is 1. The van der Waals surface area contributed by atoms with Crippen molar-refractivity contribution in [1.29, 1.82) is 0 Å². The molecule has 0 unspecified atom stereocenters. The van der Waals surface area contributed by atoms with Crippen molar-refractivity contribution in [3.63, 3.8) is 0 Å². The quantitative estimate of drug-likeness (QED) is 0.869. The highest BCUT2D eigenvalue weighted by Crippen LogP contribution is 2.18. The molecular weight excluding hydrogens is 317 g/mol. The van der Waals surface area contributed by atoms with Gasteiger partial charge in [0.25, 0.3) is 0 Å². The van der Waals surface area contributed by atoms with Crippen molar-refractivity contribution in [2.24, 2.45) is 0 Å². The van der Waals surface area contributed by atoms with E-state index < -0.39 is 0 Å². The van der Waals surface area contributed by atoms with Crippen molar-refractivity contribution in [2.75, 3.05) is 0 Å². The molecule has 0 aliphatic rings. The van der Waals surface area contributed by atoms with Crippen LogP contribution in [-0.4, -0.2) is 0 Å². The zero-order valence-electron chi connectivity index (χ0n) is 9.59. The number of rotatable bonds is 4. The Hall–Kier alpha value is -0.900. The first-order valence-corrected chi connectivity index (χ1v) is 6.72. The van der Waals surface area contributed by atoms with Crippen LogP contribution in [0.2, 0.25) is 5.02 Å². The highest BCUT2D eigenvalue weighted by atomic mass is 79.9. The molecule has 0 aromatic heterocycles. The van der Waals surface area contributed by atoms with Crippen LogP contribution in [0, 0.1) is 5.82 Å². The van der Waals surface area contributed by atoms with E-state index >= 15 is 0 Å². The molecule has 0 saturated carbocycles. The van der Waals surface area contributed by atoms with Crippen molar-refractivity contribution < 1.29 is 4.39 Å². The molecule has 0 atom stereocenters. The molecule has 1 nitrogen and oxygen atoms in total. The second-order valence-electron chi connectivity index (χ2n) is 3.93. The van der Waals surface area contributed by atoms with Gasteiger partial charge in [-0.2, -0.15) is 0 Å². The van der Waals surface area contributed by atoms with E-state index in [1.807, 2.05) is 24.3 Å². The first kappa shape index (κ1) is 13.5. The second kappa shape index (κ2) is 6.32. The average molecular weight is 329 g/mol. The van der Waals surface area contributed by atoms with Gasteiger partial charge < -0.3 is 5.32 Å². The van der Waals surface area contributed by atoms with Crippen molar-refractivity contribution in [3.8, 4) is 0 Å². The van der Waals surface area contributed by atoms with Gasteiger partial charge in [0.05, 0.1) is 0 Å². The summed E-state index contributed by atoms with van der Waals surface area (Å²) in [6.07, 6.45) is 0. The Kier molecular flexibility index (Phi) is 4.75. The molecule has 1 N–H and O–H groups in total. The van der Waals surface area contributed by atoms with Crippen LogP contribution >= 0.6 is 27.5 Å². The first-order valence-electron chi connectivity index (χ1n) is 5.55. The fourth-order valence-corrected chi connectivity index (χ4v) is 2.36. The molecule has 0 fully saturated rings. The maximum Gasteiger partial charge on any atom is 0.129 e. The Labute approximate surface area is 119 Å². The predicted octanol–water partition coefficient (Wildman–Crippen LogP) is 4.53. The summed E-state index contributed by atoms with van der Waals surface area (Å²) in [5, 5.41) is 3.64. The minimum absolute atomic E-state index is 0.274. The molecule has 2 aromatic carbocycles. The summed E-state index contributed by atoms with van der Waals surface area (Å²) < 4.78 is 14.5. The minimum atomic E-state index is -0.274. The van der Waals surface area contributed by atoms with Crippen LogP contribution in [0.1, 0.15) is 11.1 Å². The summed E-state index contributed by atoms with van der Waals surface area (Å²) in [4.78, 5) is 0. The summed E-state index contributed by atoms with van der Waals surface area (Å²) in [6, 6.07) is 12.7. The van der Waals surface area contributed by atoms with Crippen molar-refractivity contribution in [2.45, 2.75) is 13.1 Å². The van der Waals surface area contributed by atoms with Gasteiger partial charge in [-0.25, -0.2) is 4.39 Å². The van der Waals surface area contributed by atoms with Crippen LogP contribution in [0.4, 0.5) is 4.39 Å². The standard InChI is InChI=1S/C14H12BrClFN/c15-11-4-1-3-10(7-11)8-18-9-12-13(16)5-2-6-14(12)17/h1-7,18H,8-9H2. The number of halogens is 3. The molecular formula is C14H12BrClFN. The van der Waals surface area contributed by atoms with Gasteiger partial charge in [0, 0.05) is 28.1 Å². The van der Waals surface area contributed by atoms with E-state index in [1.165, 1.54) is 6.07 Å². The van der Waals surface area contributed by atoms with Crippen LogP contribution in [-0.2, 0) is 13.1 Å². The molecule has 0 aliphatic heterocycles. The number of benzene rings is 2. The molecule has 0 saturated heterocycles. The van der Waals surface area contributed by atoms with Gasteiger partial charge in [-0.05, 0) is 29.8 Å². The lowest BCUT2D eigenvalue weighted by molar-refractivity contribution is 0.588. The van der Waals surface area contributed by atoms with Gasteiger partial charge in [0.1, 0.15) is 5.82 Å². The Bertz CT molecular complexity index is 525. The topological polar surface area (TPSA) is 12.0 Å². The molecule has 0 heterocycles. The van der Waals surface area contributed by atoms with Crippen LogP contribution in [0.3, 0.4) is 0 Å². The molecule has 2 aromatic rings. The molecule has 18 heavy (non-hydrogen) atoms. The highest BCUT2D eigenvalue weighted by molar-refractivity contribution is 9.10. The Morgan fingerprint density at radius 1 is 1.11 bits per heavy atom. The summed E-state index contributed by atoms with van der Waals surface area (Å²) in [7, 11) is 0. The Balaban J connectivity index is 1.97. The largest absolute Gasteiger partial charge is 0.308 e. The van der Waals surface area contributed by atoms with Gasteiger partial charge in [0.15, 0.2) is 0 Å². The predicted molar refractivity (Wildman–Crippen MR) is 76.1 cm³/mol. The maximum absolute atomic E-state index is 13.5. The van der Waals surface area contributed by atoms with Gasteiger partial charge in [-0.3, -0.25) is 0 Å². The van der Waals surface area contributed by atoms with Gasteiger partial charge in [0.2, 0.25) is 0 Å². The SMILES string of the molecule is Fc1cccc(Cl)c1CNCc1cccc(Br)c1. The normalized spacial score (nSPS) is 10.6. The lowest BCUT2D eigenvalue weighted by Crippen LogP contribution is -2.14. The highest BCUT2D eigenvalue weighted by Gasteiger charge is 2.05. The third kappa shape index (κ3) is 3.55. The van der Waals surface area contributed by atoms with Crippen molar-refractivity contribution in [3.05, 3.63) is 68.9 Å². The summed E-state index contributed by atoms with van der Waals surface area (Å²) in [5.41, 5.74) is 1.64. The smallest absolute Gasteiger partial charge is 0.129 e. The van der Waals surface area contributed by atoms with Gasteiger partial charge >= 0.3 is 0 Å². The minimum Gasteiger partial charge on any atom is -0.308 e. The zero-order valence-corrected chi connectivity index (χ0v) is 11.9. The van der Waals surface area contributed by atoms with E-state index in [0.717, 1.165) is 10.0 Å². The molecule has 2 rings (SSSR count). The maximum atomic E-state index is 13.5. The third-order valence-corrected chi connectivity index (χ3v) is 3.43. The fourth-order valence-electron chi connectivity index (χ4n) is 1.68. The molecule has 0 spiro atoms. The van der Waals surface area contributed by atoms with E-state index in [4.69, 9.17) is 11.6 Å². The number of hydrogen-bond acceptors (Lipinski definition) is 1. The molecule has 0 amide bonds. The van der Waals surface area contributed by atoms with Crippen LogP contribution in [0.5, 0.6) is 0 Å². The first-order chi connectivity index (χ1) is 8.66. The lowest BCUT2D eigenvalue weighted by atomic mass is 10.2. The van der Waals surface area contributed by atoms with E-state index in [2.05, 4.69) is 21.2 Å². The second-order valence-corrected chi connectivity index (χ2v) is 5.26. The molecule has 94 valence electrons. The van der Waals surface area contributed by atoms with Crippen molar-refractivity contribution in [1.82, 2.24) is 5.32 Å². The van der Waals surface area contributed by atoms with E-state index in [1.54, 1.807) is 12.1 Å². The van der Waals surface area contributed by atoms with Crippen LogP contribution in [0.25, 0.3) is 0 Å². The average Bonchev–Trinajstić information content (AvgIpc) is 2.33. The van der Waals surface area contributed by atoms with E-state index in [-0.39, 0.29) is 5.82 Å². The summed E-state index contributed by atoms with van der Waals surface area (Å²) >= 11 is 9.36. The number of hydrogen-bond donors (Lipinski definition) is 1. The molecule has 0 bridgehead atoms. The summed E-state index contributed by atoms with van der Waals surface area (Å²) in [5.74, 6) is -0.274. The van der Waals surface area contributed by atoms with Gasteiger partial charge in [-0.1, -0.05) is 45.7 Å². The molecule has 0 aliphatic carbocycles. The monoisotopic (exact) mass is 327 g/mol. The van der Waals surface area contributed by atoms with E-state index in [0.29, 0.717) is 23.7 Å². The lowest BCUT2D eigenvalue weighted by Gasteiger charge is -2.08. The molecule has 0 radical (unpaired) electrons. The zero-order chi connectivity index (χ0) is 13.0.